The largest absolute Gasteiger partial charge is 0.415 e. The summed E-state index contributed by atoms with van der Waals surface area (Å²) in [5, 5.41) is 11.8. The maximum Gasteiger partial charge on any atom is 0.277 e. The summed E-state index contributed by atoms with van der Waals surface area (Å²) in [5.74, 6) is 3.19. The van der Waals surface area contributed by atoms with E-state index in [1.54, 1.807) is 7.05 Å². The van der Waals surface area contributed by atoms with Gasteiger partial charge in [0.05, 0.1) is 12.3 Å². The topological polar surface area (TPSA) is 88.3 Å². The first-order valence-corrected chi connectivity index (χ1v) is 11.4. The number of likely N-dealkylation sites (N-methyl/N-ethyl adjacent to an activating group) is 1. The lowest BCUT2D eigenvalue weighted by molar-refractivity contribution is -0.132. The van der Waals surface area contributed by atoms with Gasteiger partial charge in [-0.05, 0) is 62.7 Å². The van der Waals surface area contributed by atoms with Crippen LogP contribution in [-0.4, -0.2) is 52.8 Å². The van der Waals surface area contributed by atoms with Crippen LogP contribution in [0.4, 0.5) is 0 Å². The summed E-state index contributed by atoms with van der Waals surface area (Å²) < 4.78 is 6.02. The number of carbonyl (C=O) groups is 2. The number of hydrogen-bond acceptors (Lipinski definition) is 6. The fraction of sp³-hybridized carbons (Fsp3) is 0.800. The van der Waals surface area contributed by atoms with Gasteiger partial charge in [-0.3, -0.25) is 9.59 Å². The molecule has 154 valence electrons. The van der Waals surface area contributed by atoms with E-state index >= 15 is 0 Å². The van der Waals surface area contributed by atoms with Gasteiger partial charge in [0.1, 0.15) is 0 Å². The minimum absolute atomic E-state index is 0.0712. The van der Waals surface area contributed by atoms with Crippen LogP contribution in [0.25, 0.3) is 0 Å². The van der Waals surface area contributed by atoms with E-state index in [0.717, 1.165) is 30.1 Å². The minimum Gasteiger partial charge on any atom is -0.415 e. The van der Waals surface area contributed by atoms with Crippen LogP contribution in [0.15, 0.2) is 9.64 Å². The van der Waals surface area contributed by atoms with Gasteiger partial charge in [-0.1, -0.05) is 18.7 Å². The highest BCUT2D eigenvalue weighted by Crippen LogP contribution is 2.60. The van der Waals surface area contributed by atoms with E-state index in [0.29, 0.717) is 11.8 Å². The van der Waals surface area contributed by atoms with Crippen molar-refractivity contribution in [1.82, 2.24) is 20.4 Å². The molecule has 4 aliphatic carbocycles. The molecule has 0 unspecified atom stereocenters. The number of thioether (sulfide) groups is 1. The Balaban J connectivity index is 1.31. The highest BCUT2D eigenvalue weighted by Gasteiger charge is 2.54. The summed E-state index contributed by atoms with van der Waals surface area (Å²) in [6, 6.07) is 0. The zero-order chi connectivity index (χ0) is 19.7. The number of nitrogens with one attached hydrogen (secondary N) is 1. The fourth-order valence-corrected chi connectivity index (χ4v) is 6.42. The molecule has 0 saturated heterocycles. The second kappa shape index (κ2) is 8.05. The maximum atomic E-state index is 12.3. The van der Waals surface area contributed by atoms with Crippen molar-refractivity contribution in [2.24, 2.45) is 17.8 Å². The third-order valence-electron chi connectivity index (χ3n) is 6.60. The van der Waals surface area contributed by atoms with E-state index in [4.69, 9.17) is 4.42 Å². The second-order valence-corrected chi connectivity index (χ2v) is 9.89. The van der Waals surface area contributed by atoms with E-state index < -0.39 is 0 Å². The summed E-state index contributed by atoms with van der Waals surface area (Å²) in [6.07, 6.45) is 8.55. The molecule has 8 heteroatoms. The molecule has 1 aromatic rings. The number of hydrogen-bond donors (Lipinski definition) is 1. The van der Waals surface area contributed by atoms with Gasteiger partial charge >= 0.3 is 0 Å². The zero-order valence-corrected chi connectivity index (χ0v) is 17.6. The van der Waals surface area contributed by atoms with Crippen molar-refractivity contribution >= 4 is 23.6 Å². The third kappa shape index (κ3) is 4.07. The SMILES string of the molecule is CCCNC(=O)CN(C)C(=O)CSc1nnc(C23CC4CC(CC(C4)C2)C3)o1. The molecule has 4 aliphatic rings. The number of nitrogens with zero attached hydrogens (tertiary/aromatic N) is 3. The smallest absolute Gasteiger partial charge is 0.277 e. The summed E-state index contributed by atoms with van der Waals surface area (Å²) in [7, 11) is 1.64. The Hall–Kier alpha value is -1.57. The van der Waals surface area contributed by atoms with E-state index in [-0.39, 0.29) is 29.5 Å². The average Bonchev–Trinajstić information content (AvgIpc) is 3.13. The first-order chi connectivity index (χ1) is 13.5. The van der Waals surface area contributed by atoms with E-state index in [9.17, 15) is 9.59 Å². The normalized spacial score (nSPS) is 30.4. The molecule has 1 N–H and O–H groups in total. The van der Waals surface area contributed by atoms with Crippen molar-refractivity contribution in [3.63, 3.8) is 0 Å². The molecule has 0 spiro atoms. The zero-order valence-electron chi connectivity index (χ0n) is 16.8. The highest BCUT2D eigenvalue weighted by atomic mass is 32.2. The Morgan fingerprint density at radius 3 is 2.43 bits per heavy atom. The number of carbonyl (C=O) groups excluding carboxylic acids is 2. The van der Waals surface area contributed by atoms with Crippen molar-refractivity contribution in [1.29, 1.82) is 0 Å². The first kappa shape index (κ1) is 19.7. The molecule has 1 aromatic heterocycles. The van der Waals surface area contributed by atoms with Crippen LogP contribution in [-0.2, 0) is 15.0 Å². The van der Waals surface area contributed by atoms with Crippen molar-refractivity contribution in [3.8, 4) is 0 Å². The lowest BCUT2D eigenvalue weighted by atomic mass is 9.49. The lowest BCUT2D eigenvalue weighted by Crippen LogP contribution is -2.48. The number of rotatable bonds is 8. The highest BCUT2D eigenvalue weighted by molar-refractivity contribution is 7.99. The summed E-state index contributed by atoms with van der Waals surface area (Å²) in [5.41, 5.74) is 0.0821. The Labute approximate surface area is 170 Å². The van der Waals surface area contributed by atoms with E-state index in [1.165, 1.54) is 55.2 Å². The van der Waals surface area contributed by atoms with Gasteiger partial charge in [0.2, 0.25) is 17.7 Å². The van der Waals surface area contributed by atoms with Crippen molar-refractivity contribution in [2.45, 2.75) is 62.5 Å². The monoisotopic (exact) mass is 406 g/mol. The van der Waals surface area contributed by atoms with Gasteiger partial charge in [-0.25, -0.2) is 0 Å². The predicted octanol–water partition coefficient (Wildman–Crippen LogP) is 2.61. The Morgan fingerprint density at radius 2 is 1.82 bits per heavy atom. The predicted molar refractivity (Wildman–Crippen MR) is 106 cm³/mol. The molecular formula is C20H30N4O3S. The molecule has 1 heterocycles. The standard InChI is InChI=1S/C20H30N4O3S/c1-3-4-21-16(25)11-24(2)17(26)12-28-19-23-22-18(27-19)20-8-13-5-14(9-20)7-15(6-13)10-20/h13-15H,3-12H2,1-2H3,(H,21,25). The van der Waals surface area contributed by atoms with Gasteiger partial charge in [-0.15, -0.1) is 10.2 Å². The van der Waals surface area contributed by atoms with Crippen LogP contribution < -0.4 is 5.32 Å². The molecular weight excluding hydrogens is 376 g/mol. The molecule has 7 nitrogen and oxygen atoms in total. The minimum atomic E-state index is -0.135. The van der Waals surface area contributed by atoms with Crippen molar-refractivity contribution < 1.29 is 14.0 Å². The van der Waals surface area contributed by atoms with E-state index in [1.807, 2.05) is 6.92 Å². The quantitative estimate of drug-likeness (QED) is 0.668. The summed E-state index contributed by atoms with van der Waals surface area (Å²) in [6.45, 7) is 2.69. The fourth-order valence-electron chi connectivity index (χ4n) is 5.71. The van der Waals surface area contributed by atoms with Crippen LogP contribution in [0.3, 0.4) is 0 Å². The molecule has 2 amide bonds. The van der Waals surface area contributed by atoms with Crippen LogP contribution in [0, 0.1) is 17.8 Å². The average molecular weight is 407 g/mol. The summed E-state index contributed by atoms with van der Waals surface area (Å²) >= 11 is 1.26. The molecule has 4 saturated carbocycles. The van der Waals surface area contributed by atoms with Gasteiger partial charge in [0.25, 0.3) is 5.22 Å². The molecule has 28 heavy (non-hydrogen) atoms. The lowest BCUT2D eigenvalue weighted by Gasteiger charge is -2.55. The van der Waals surface area contributed by atoms with Gasteiger partial charge in [0, 0.05) is 19.0 Å². The number of aromatic nitrogens is 2. The summed E-state index contributed by atoms with van der Waals surface area (Å²) in [4.78, 5) is 25.5. The molecule has 0 radical (unpaired) electrons. The third-order valence-corrected chi connectivity index (χ3v) is 7.40. The van der Waals surface area contributed by atoms with E-state index in [2.05, 4.69) is 15.5 Å². The molecule has 4 bridgehead atoms. The molecule has 5 rings (SSSR count). The molecule has 0 aromatic carbocycles. The maximum absolute atomic E-state index is 12.3. The molecule has 4 fully saturated rings. The number of amides is 2. The van der Waals surface area contributed by atoms with Crippen LogP contribution in [0.5, 0.6) is 0 Å². The van der Waals surface area contributed by atoms with Crippen LogP contribution in [0.1, 0.15) is 57.8 Å². The van der Waals surface area contributed by atoms with Crippen LogP contribution >= 0.6 is 11.8 Å². The Kier molecular flexibility index (Phi) is 5.67. The second-order valence-electron chi connectivity index (χ2n) is 8.96. The molecule has 0 atom stereocenters. The molecule has 0 aliphatic heterocycles. The van der Waals surface area contributed by atoms with Gasteiger partial charge in [0.15, 0.2) is 0 Å². The van der Waals surface area contributed by atoms with Crippen LogP contribution in [0.2, 0.25) is 0 Å². The van der Waals surface area contributed by atoms with Gasteiger partial charge < -0.3 is 14.6 Å². The van der Waals surface area contributed by atoms with Gasteiger partial charge in [-0.2, -0.15) is 0 Å². The Morgan fingerprint density at radius 1 is 1.18 bits per heavy atom. The van der Waals surface area contributed by atoms with Crippen molar-refractivity contribution in [2.75, 3.05) is 25.9 Å². The Bertz CT molecular complexity index is 700. The first-order valence-electron chi connectivity index (χ1n) is 10.4. The van der Waals surface area contributed by atoms with Crippen molar-refractivity contribution in [3.05, 3.63) is 5.89 Å².